The molecule has 0 aliphatic heterocycles. The molecule has 0 bridgehead atoms. The molecule has 4 nitrogen and oxygen atoms in total. The lowest BCUT2D eigenvalue weighted by atomic mass is 10.2. The highest BCUT2D eigenvalue weighted by Crippen LogP contribution is 2.10. The first-order chi connectivity index (χ1) is 8.31. The van der Waals surface area contributed by atoms with Gasteiger partial charge in [0.1, 0.15) is 0 Å². The van der Waals surface area contributed by atoms with Crippen molar-refractivity contribution < 1.29 is 4.79 Å². The first-order valence-electron chi connectivity index (χ1n) is 5.36. The maximum absolute atomic E-state index is 11.8. The van der Waals surface area contributed by atoms with E-state index in [1.54, 1.807) is 30.6 Å². The lowest BCUT2D eigenvalue weighted by molar-refractivity contribution is 0.0954. The second-order valence-corrected chi connectivity index (χ2v) is 3.94. The van der Waals surface area contributed by atoms with E-state index < -0.39 is 0 Å². The van der Waals surface area contributed by atoms with E-state index in [9.17, 15) is 4.79 Å². The Labute approximate surface area is 104 Å². The van der Waals surface area contributed by atoms with Crippen LogP contribution in [0.25, 0.3) is 11.0 Å². The molecule has 0 fully saturated rings. The summed E-state index contributed by atoms with van der Waals surface area (Å²) in [6.45, 7) is 0.584. The van der Waals surface area contributed by atoms with Crippen molar-refractivity contribution >= 4 is 28.5 Å². The zero-order valence-electron chi connectivity index (χ0n) is 9.19. The molecule has 17 heavy (non-hydrogen) atoms. The molecule has 0 saturated carbocycles. The van der Waals surface area contributed by atoms with Crippen LogP contribution in [0, 0.1) is 0 Å². The number of hydrogen-bond donors (Lipinski definition) is 1. The normalized spacial score (nSPS) is 10.4. The molecular weight excluding hydrogens is 238 g/mol. The summed E-state index contributed by atoms with van der Waals surface area (Å²) in [5.74, 6) is 0.436. The van der Waals surface area contributed by atoms with Crippen LogP contribution in [-0.2, 0) is 0 Å². The van der Waals surface area contributed by atoms with E-state index in [4.69, 9.17) is 11.6 Å². The molecule has 1 heterocycles. The number of fused-ring (bicyclic) bond motifs is 1. The molecule has 1 amide bonds. The van der Waals surface area contributed by atoms with Crippen LogP contribution >= 0.6 is 11.6 Å². The highest BCUT2D eigenvalue weighted by Gasteiger charge is 2.06. The third-order valence-electron chi connectivity index (χ3n) is 2.33. The van der Waals surface area contributed by atoms with E-state index >= 15 is 0 Å². The van der Waals surface area contributed by atoms with E-state index in [1.807, 2.05) is 0 Å². The van der Waals surface area contributed by atoms with Gasteiger partial charge in [-0.15, -0.1) is 11.6 Å². The highest BCUT2D eigenvalue weighted by molar-refractivity contribution is 6.17. The summed E-state index contributed by atoms with van der Waals surface area (Å²) < 4.78 is 0. The van der Waals surface area contributed by atoms with Gasteiger partial charge in [-0.05, 0) is 24.6 Å². The number of halogens is 1. The fraction of sp³-hybridized carbons (Fsp3) is 0.250. The standard InChI is InChI=1S/C12H12ClN3O/c13-4-1-5-16-12(17)9-2-3-10-11(8-9)15-7-6-14-10/h2-3,6-8H,1,4-5H2,(H,16,17). The van der Waals surface area contributed by atoms with E-state index in [0.29, 0.717) is 18.0 Å². The van der Waals surface area contributed by atoms with E-state index in [0.717, 1.165) is 17.5 Å². The molecular formula is C12H12ClN3O. The van der Waals surface area contributed by atoms with Crippen molar-refractivity contribution in [3.05, 3.63) is 36.2 Å². The molecule has 0 spiro atoms. The zero-order chi connectivity index (χ0) is 12.1. The van der Waals surface area contributed by atoms with E-state index in [-0.39, 0.29) is 5.91 Å². The Morgan fingerprint density at radius 2 is 2.00 bits per heavy atom. The fourth-order valence-electron chi connectivity index (χ4n) is 1.48. The van der Waals surface area contributed by atoms with Gasteiger partial charge >= 0.3 is 0 Å². The average molecular weight is 250 g/mol. The average Bonchev–Trinajstić information content (AvgIpc) is 2.38. The van der Waals surface area contributed by atoms with Crippen molar-refractivity contribution in [3.63, 3.8) is 0 Å². The third-order valence-corrected chi connectivity index (χ3v) is 2.59. The van der Waals surface area contributed by atoms with Gasteiger partial charge in [0.25, 0.3) is 5.91 Å². The topological polar surface area (TPSA) is 54.9 Å². The predicted molar refractivity (Wildman–Crippen MR) is 67.2 cm³/mol. The highest BCUT2D eigenvalue weighted by atomic mass is 35.5. The summed E-state index contributed by atoms with van der Waals surface area (Å²) in [5, 5.41) is 2.79. The molecule has 0 atom stereocenters. The van der Waals surface area contributed by atoms with Gasteiger partial charge in [-0.2, -0.15) is 0 Å². The molecule has 2 rings (SSSR count). The molecule has 0 saturated heterocycles. The van der Waals surface area contributed by atoms with Crippen LogP contribution in [0.5, 0.6) is 0 Å². The number of nitrogens with one attached hydrogen (secondary N) is 1. The van der Waals surface area contributed by atoms with Crippen molar-refractivity contribution in [3.8, 4) is 0 Å². The Balaban J connectivity index is 2.15. The largest absolute Gasteiger partial charge is 0.352 e. The Bertz CT molecular complexity index is 530. The molecule has 0 aliphatic rings. The molecule has 1 N–H and O–H groups in total. The first-order valence-corrected chi connectivity index (χ1v) is 5.89. The van der Waals surface area contributed by atoms with Gasteiger partial charge in [-0.3, -0.25) is 14.8 Å². The lowest BCUT2D eigenvalue weighted by Gasteiger charge is -2.04. The molecule has 0 unspecified atom stereocenters. The monoisotopic (exact) mass is 249 g/mol. The Morgan fingerprint density at radius 1 is 1.24 bits per heavy atom. The summed E-state index contributed by atoms with van der Waals surface area (Å²) in [6, 6.07) is 5.27. The maximum Gasteiger partial charge on any atom is 0.251 e. The van der Waals surface area contributed by atoms with Crippen LogP contribution in [-0.4, -0.2) is 28.3 Å². The predicted octanol–water partition coefficient (Wildman–Crippen LogP) is 1.99. The Hall–Kier alpha value is -1.68. The zero-order valence-corrected chi connectivity index (χ0v) is 9.94. The van der Waals surface area contributed by atoms with Gasteiger partial charge in [0.2, 0.25) is 0 Å². The van der Waals surface area contributed by atoms with Crippen LogP contribution in [0.1, 0.15) is 16.8 Å². The van der Waals surface area contributed by atoms with Gasteiger partial charge < -0.3 is 5.32 Å². The van der Waals surface area contributed by atoms with E-state index in [1.165, 1.54) is 0 Å². The van der Waals surface area contributed by atoms with Gasteiger partial charge in [-0.25, -0.2) is 0 Å². The molecule has 88 valence electrons. The van der Waals surface area contributed by atoms with Crippen molar-refractivity contribution in [2.24, 2.45) is 0 Å². The van der Waals surface area contributed by atoms with Crippen molar-refractivity contribution in [2.45, 2.75) is 6.42 Å². The van der Waals surface area contributed by atoms with Gasteiger partial charge in [0.15, 0.2) is 0 Å². The maximum atomic E-state index is 11.8. The van der Waals surface area contributed by atoms with Crippen molar-refractivity contribution in [1.29, 1.82) is 0 Å². The lowest BCUT2D eigenvalue weighted by Crippen LogP contribution is -2.24. The number of carbonyl (C=O) groups excluding carboxylic acids is 1. The molecule has 1 aromatic heterocycles. The Kier molecular flexibility index (Phi) is 3.88. The Morgan fingerprint density at radius 3 is 2.76 bits per heavy atom. The number of carbonyl (C=O) groups is 1. The molecule has 1 aromatic carbocycles. The second kappa shape index (κ2) is 5.59. The number of benzene rings is 1. The molecule has 2 aromatic rings. The number of alkyl halides is 1. The first kappa shape index (κ1) is 11.8. The van der Waals surface area contributed by atoms with Crippen LogP contribution in [0.4, 0.5) is 0 Å². The van der Waals surface area contributed by atoms with Crippen LogP contribution in [0.3, 0.4) is 0 Å². The summed E-state index contributed by atoms with van der Waals surface area (Å²) in [6.07, 6.45) is 4.00. The summed E-state index contributed by atoms with van der Waals surface area (Å²) in [4.78, 5) is 20.1. The number of hydrogen-bond acceptors (Lipinski definition) is 3. The molecule has 0 aliphatic carbocycles. The number of rotatable bonds is 4. The van der Waals surface area contributed by atoms with Crippen LogP contribution < -0.4 is 5.32 Å². The number of amides is 1. The van der Waals surface area contributed by atoms with E-state index in [2.05, 4.69) is 15.3 Å². The third kappa shape index (κ3) is 2.91. The van der Waals surface area contributed by atoms with Gasteiger partial charge in [0, 0.05) is 30.4 Å². The summed E-state index contributed by atoms with van der Waals surface area (Å²) in [7, 11) is 0. The second-order valence-electron chi connectivity index (χ2n) is 3.56. The summed E-state index contributed by atoms with van der Waals surface area (Å²) in [5.41, 5.74) is 2.09. The van der Waals surface area contributed by atoms with Crippen molar-refractivity contribution in [1.82, 2.24) is 15.3 Å². The molecule has 5 heteroatoms. The van der Waals surface area contributed by atoms with Gasteiger partial charge in [0.05, 0.1) is 11.0 Å². The van der Waals surface area contributed by atoms with Crippen LogP contribution in [0.2, 0.25) is 0 Å². The smallest absolute Gasteiger partial charge is 0.251 e. The summed E-state index contributed by atoms with van der Waals surface area (Å²) >= 11 is 5.54. The fourth-order valence-corrected chi connectivity index (χ4v) is 1.61. The van der Waals surface area contributed by atoms with Crippen molar-refractivity contribution in [2.75, 3.05) is 12.4 Å². The number of nitrogens with zero attached hydrogens (tertiary/aromatic N) is 2. The SMILES string of the molecule is O=C(NCCCCl)c1ccc2nccnc2c1. The minimum atomic E-state index is -0.109. The number of aromatic nitrogens is 2. The van der Waals surface area contributed by atoms with Gasteiger partial charge in [-0.1, -0.05) is 0 Å². The van der Waals surface area contributed by atoms with Crippen LogP contribution in [0.15, 0.2) is 30.6 Å². The molecule has 0 radical (unpaired) electrons. The minimum absolute atomic E-state index is 0.109. The minimum Gasteiger partial charge on any atom is -0.352 e. The quantitative estimate of drug-likeness (QED) is 0.666.